The minimum Gasteiger partial charge on any atom is -0.493 e. The normalized spacial score (nSPS) is 21.3. The number of amides is 3. The van der Waals surface area contributed by atoms with E-state index in [9.17, 15) is 9.59 Å². The SMILES string of the molecule is O=C1N[C@@]2(CCOc3ccccc32)C(=O)N1Cc1csc(-c2ccsc2)n1. The van der Waals surface area contributed by atoms with Gasteiger partial charge in [0.05, 0.1) is 18.8 Å². The number of fused-ring (bicyclic) bond motifs is 2. The number of hydrogen-bond acceptors (Lipinski definition) is 6. The van der Waals surface area contributed by atoms with E-state index in [1.807, 2.05) is 46.5 Å². The van der Waals surface area contributed by atoms with Gasteiger partial charge in [-0.15, -0.1) is 11.3 Å². The van der Waals surface area contributed by atoms with Gasteiger partial charge < -0.3 is 10.1 Å². The fraction of sp³-hybridized carbons (Fsp3) is 0.211. The molecule has 5 rings (SSSR count). The molecule has 1 N–H and O–H groups in total. The summed E-state index contributed by atoms with van der Waals surface area (Å²) in [6, 6.07) is 9.00. The third-order valence-electron chi connectivity index (χ3n) is 4.90. The molecule has 1 fully saturated rings. The second-order valence-corrected chi connectivity index (χ2v) is 8.12. The average molecular weight is 397 g/mol. The summed E-state index contributed by atoms with van der Waals surface area (Å²) in [7, 11) is 0. The van der Waals surface area contributed by atoms with Crippen molar-refractivity contribution < 1.29 is 14.3 Å². The fourth-order valence-electron chi connectivity index (χ4n) is 3.58. The van der Waals surface area contributed by atoms with Crippen LogP contribution in [0.25, 0.3) is 10.6 Å². The summed E-state index contributed by atoms with van der Waals surface area (Å²) >= 11 is 3.13. The first-order valence-electron chi connectivity index (χ1n) is 8.51. The smallest absolute Gasteiger partial charge is 0.325 e. The van der Waals surface area contributed by atoms with E-state index in [1.165, 1.54) is 16.2 Å². The monoisotopic (exact) mass is 397 g/mol. The number of ether oxygens (including phenoxy) is 1. The summed E-state index contributed by atoms with van der Waals surface area (Å²) in [5.74, 6) is 0.404. The largest absolute Gasteiger partial charge is 0.493 e. The van der Waals surface area contributed by atoms with Gasteiger partial charge in [-0.1, -0.05) is 18.2 Å². The van der Waals surface area contributed by atoms with Gasteiger partial charge >= 0.3 is 6.03 Å². The molecule has 0 saturated carbocycles. The summed E-state index contributed by atoms with van der Waals surface area (Å²) in [5, 5.41) is 9.74. The highest BCUT2D eigenvalue weighted by atomic mass is 32.1. The maximum atomic E-state index is 13.3. The second-order valence-electron chi connectivity index (χ2n) is 6.48. The van der Waals surface area contributed by atoms with Gasteiger partial charge in [0.2, 0.25) is 0 Å². The van der Waals surface area contributed by atoms with E-state index in [0.717, 1.165) is 10.6 Å². The third-order valence-corrected chi connectivity index (χ3v) is 6.52. The molecule has 8 heteroatoms. The van der Waals surface area contributed by atoms with Crippen molar-refractivity contribution in [2.24, 2.45) is 0 Å². The van der Waals surface area contributed by atoms with Crippen LogP contribution in [0.15, 0.2) is 46.5 Å². The molecule has 1 saturated heterocycles. The zero-order chi connectivity index (χ0) is 18.4. The summed E-state index contributed by atoms with van der Waals surface area (Å²) in [6.45, 7) is 0.548. The van der Waals surface area contributed by atoms with Crippen LogP contribution in [0.3, 0.4) is 0 Å². The summed E-state index contributed by atoms with van der Waals surface area (Å²) in [6.07, 6.45) is 0.419. The number of nitrogens with one attached hydrogen (secondary N) is 1. The third kappa shape index (κ3) is 2.55. The zero-order valence-electron chi connectivity index (χ0n) is 14.2. The molecular formula is C19H15N3O3S2. The minimum absolute atomic E-state index is 0.163. The van der Waals surface area contributed by atoms with Crippen LogP contribution in [0, 0.1) is 0 Å². The first kappa shape index (κ1) is 16.5. The van der Waals surface area contributed by atoms with E-state index in [0.29, 0.717) is 30.0 Å². The van der Waals surface area contributed by atoms with Crippen molar-refractivity contribution in [3.05, 3.63) is 57.7 Å². The number of hydrogen-bond donors (Lipinski definition) is 1. The van der Waals surface area contributed by atoms with Crippen LogP contribution >= 0.6 is 22.7 Å². The highest BCUT2D eigenvalue weighted by Gasteiger charge is 2.54. The summed E-state index contributed by atoms with van der Waals surface area (Å²) < 4.78 is 5.66. The maximum absolute atomic E-state index is 13.3. The quantitative estimate of drug-likeness (QED) is 0.686. The number of benzene rings is 1. The highest BCUT2D eigenvalue weighted by molar-refractivity contribution is 7.14. The molecule has 0 bridgehead atoms. The number of carbonyl (C=O) groups excluding carboxylic acids is 2. The van der Waals surface area contributed by atoms with Crippen molar-refractivity contribution in [2.45, 2.75) is 18.5 Å². The Kier molecular flexibility index (Phi) is 3.76. The van der Waals surface area contributed by atoms with E-state index in [2.05, 4.69) is 10.3 Å². The molecule has 2 aliphatic rings. The number of imide groups is 1. The average Bonchev–Trinajstić information content (AvgIpc) is 3.40. The molecule has 1 spiro atoms. The van der Waals surface area contributed by atoms with E-state index in [-0.39, 0.29) is 18.5 Å². The molecule has 0 unspecified atom stereocenters. The van der Waals surface area contributed by atoms with Crippen LogP contribution in [0.5, 0.6) is 5.75 Å². The Bertz CT molecular complexity index is 1030. The fourth-order valence-corrected chi connectivity index (χ4v) is 5.10. The van der Waals surface area contributed by atoms with E-state index >= 15 is 0 Å². The molecule has 1 atom stereocenters. The maximum Gasteiger partial charge on any atom is 0.325 e. The number of thiophene rings is 1. The lowest BCUT2D eigenvalue weighted by molar-refractivity contribution is -0.133. The Balaban J connectivity index is 1.44. The Morgan fingerprint density at radius 1 is 1.22 bits per heavy atom. The van der Waals surface area contributed by atoms with E-state index in [1.54, 1.807) is 11.3 Å². The Morgan fingerprint density at radius 2 is 2.11 bits per heavy atom. The Morgan fingerprint density at radius 3 is 2.96 bits per heavy atom. The number of urea groups is 1. The molecule has 0 aliphatic carbocycles. The van der Waals surface area contributed by atoms with E-state index in [4.69, 9.17) is 4.74 Å². The van der Waals surface area contributed by atoms with Crippen molar-refractivity contribution in [3.63, 3.8) is 0 Å². The van der Waals surface area contributed by atoms with Gasteiger partial charge in [-0.3, -0.25) is 9.69 Å². The van der Waals surface area contributed by atoms with Crippen molar-refractivity contribution >= 4 is 34.6 Å². The van der Waals surface area contributed by atoms with Crippen LogP contribution in [0.1, 0.15) is 17.7 Å². The summed E-state index contributed by atoms with van der Waals surface area (Å²) in [4.78, 5) is 31.7. The Labute approximate surface area is 163 Å². The number of rotatable bonds is 3. The highest BCUT2D eigenvalue weighted by Crippen LogP contribution is 2.41. The van der Waals surface area contributed by atoms with Gasteiger partial charge in [0.1, 0.15) is 10.8 Å². The van der Waals surface area contributed by atoms with Gasteiger partial charge in [0.25, 0.3) is 5.91 Å². The first-order chi connectivity index (χ1) is 13.2. The number of nitrogens with zero attached hydrogens (tertiary/aromatic N) is 2. The lowest BCUT2D eigenvalue weighted by atomic mass is 9.84. The topological polar surface area (TPSA) is 71.5 Å². The lowest BCUT2D eigenvalue weighted by Crippen LogP contribution is -2.47. The molecule has 1 aromatic carbocycles. The predicted octanol–water partition coefficient (Wildman–Crippen LogP) is 3.60. The molecule has 2 aliphatic heterocycles. The van der Waals surface area contributed by atoms with Gasteiger partial charge in [-0.05, 0) is 17.5 Å². The molecular weight excluding hydrogens is 382 g/mol. The number of carbonyl (C=O) groups is 2. The first-order valence-corrected chi connectivity index (χ1v) is 10.3. The number of thiazole rings is 1. The van der Waals surface area contributed by atoms with Gasteiger partial charge in [-0.25, -0.2) is 9.78 Å². The van der Waals surface area contributed by atoms with Crippen LogP contribution < -0.4 is 10.1 Å². The van der Waals surface area contributed by atoms with Crippen LogP contribution in [-0.2, 0) is 16.9 Å². The molecule has 27 heavy (non-hydrogen) atoms. The van der Waals surface area contributed by atoms with E-state index < -0.39 is 5.54 Å². The van der Waals surface area contributed by atoms with Crippen molar-refractivity contribution in [1.82, 2.24) is 15.2 Å². The van der Waals surface area contributed by atoms with Crippen LogP contribution in [0.4, 0.5) is 4.79 Å². The van der Waals surface area contributed by atoms with Crippen LogP contribution in [-0.4, -0.2) is 28.4 Å². The minimum atomic E-state index is -1.04. The number of aromatic nitrogens is 1. The second kappa shape index (κ2) is 6.17. The van der Waals surface area contributed by atoms with Crippen LogP contribution in [0.2, 0.25) is 0 Å². The van der Waals surface area contributed by atoms with Gasteiger partial charge in [0, 0.05) is 28.3 Å². The van der Waals surface area contributed by atoms with Gasteiger partial charge in [-0.2, -0.15) is 11.3 Å². The molecule has 0 radical (unpaired) electrons. The van der Waals surface area contributed by atoms with Crippen molar-refractivity contribution in [2.75, 3.05) is 6.61 Å². The lowest BCUT2D eigenvalue weighted by Gasteiger charge is -2.33. The molecule has 2 aromatic heterocycles. The summed E-state index contributed by atoms with van der Waals surface area (Å²) in [5.41, 5.74) is 1.44. The zero-order valence-corrected chi connectivity index (χ0v) is 15.8. The van der Waals surface area contributed by atoms with Crippen molar-refractivity contribution in [1.29, 1.82) is 0 Å². The molecule has 6 nitrogen and oxygen atoms in total. The molecule has 3 aromatic rings. The molecule has 3 amide bonds. The van der Waals surface area contributed by atoms with Gasteiger partial charge in [0.15, 0.2) is 5.54 Å². The number of para-hydroxylation sites is 1. The Hall–Kier alpha value is -2.71. The van der Waals surface area contributed by atoms with Crippen molar-refractivity contribution in [3.8, 4) is 16.3 Å². The molecule has 136 valence electrons. The molecule has 4 heterocycles. The predicted molar refractivity (Wildman–Crippen MR) is 103 cm³/mol. The standard InChI is InChI=1S/C19H15N3O3S2/c23-17-19(6-7-25-15-4-2-1-3-14(15)19)21-18(24)22(17)9-13-11-27-16(20-13)12-5-8-26-10-12/h1-5,8,10-11H,6-7,9H2,(H,21,24)/t19-/m1/s1.